The molecule has 0 unspecified atom stereocenters. The van der Waals surface area contributed by atoms with Crippen LogP contribution in [0.15, 0.2) is 23.8 Å². The monoisotopic (exact) mass is 263 g/mol. The van der Waals surface area contributed by atoms with Gasteiger partial charge in [0.2, 0.25) is 0 Å². The fraction of sp³-hybridized carbons (Fsp3) is 0.0833. The molecule has 0 saturated heterocycles. The van der Waals surface area contributed by atoms with Crippen LogP contribution in [0.4, 0.5) is 18.9 Å². The maximum absolute atomic E-state index is 12.8. The number of halogens is 3. The van der Waals surface area contributed by atoms with Gasteiger partial charge in [0, 0.05) is 5.56 Å². The Kier molecular flexibility index (Phi) is 2.76. The van der Waals surface area contributed by atoms with E-state index in [0.29, 0.717) is 0 Å². The van der Waals surface area contributed by atoms with Crippen LogP contribution in [0.3, 0.4) is 0 Å². The van der Waals surface area contributed by atoms with E-state index in [4.69, 9.17) is 10.5 Å². The van der Waals surface area contributed by atoms with Gasteiger partial charge in [-0.25, -0.2) is 0 Å². The van der Waals surface area contributed by atoms with E-state index in [2.05, 4.69) is 5.32 Å². The van der Waals surface area contributed by atoms with Crippen LogP contribution in [-0.4, -0.2) is 5.91 Å². The molecule has 7 heteroatoms. The van der Waals surface area contributed by atoms with Crippen LogP contribution in [0.2, 0.25) is 0 Å². The summed E-state index contributed by atoms with van der Waals surface area (Å²) in [5.74, 6) is -0.884. The summed E-state index contributed by atoms with van der Waals surface area (Å²) in [7, 11) is 0. The average Bonchev–Trinajstić information content (AvgIpc) is 2.66. The molecule has 0 atom stereocenters. The Morgan fingerprint density at radius 2 is 1.84 bits per heavy atom. The Labute approximate surface area is 105 Å². The molecule has 1 aliphatic rings. The first-order valence-electron chi connectivity index (χ1n) is 4.96. The van der Waals surface area contributed by atoms with E-state index in [9.17, 15) is 18.0 Å². The molecule has 0 bridgehead atoms. The topological polar surface area (TPSA) is 76.7 Å². The maximum Gasteiger partial charge on any atom is 0.418 e. The number of hydrogen-bond donors (Lipinski definition) is 1. The van der Waals surface area contributed by atoms with Gasteiger partial charge in [-0.05, 0) is 6.07 Å². The van der Waals surface area contributed by atoms with Crippen LogP contribution < -0.4 is 5.32 Å². The highest BCUT2D eigenvalue weighted by Crippen LogP contribution is 2.42. The lowest BCUT2D eigenvalue weighted by Crippen LogP contribution is -2.10. The third-order valence-corrected chi connectivity index (χ3v) is 2.58. The first-order chi connectivity index (χ1) is 8.90. The van der Waals surface area contributed by atoms with Gasteiger partial charge in [0.05, 0.1) is 16.8 Å². The van der Waals surface area contributed by atoms with Gasteiger partial charge in [-0.1, -0.05) is 12.1 Å². The minimum absolute atomic E-state index is 0.0853. The summed E-state index contributed by atoms with van der Waals surface area (Å²) in [4.78, 5) is 11.6. The molecule has 1 amide bonds. The number of allylic oxidation sites excluding steroid dienone is 1. The number of alkyl halides is 3. The van der Waals surface area contributed by atoms with E-state index in [0.717, 1.165) is 12.1 Å². The summed E-state index contributed by atoms with van der Waals surface area (Å²) in [5, 5.41) is 19.5. The number of anilines is 1. The lowest BCUT2D eigenvalue weighted by atomic mass is 10.00. The number of nitriles is 2. The van der Waals surface area contributed by atoms with E-state index in [1.54, 1.807) is 0 Å². The summed E-state index contributed by atoms with van der Waals surface area (Å²) in [6.45, 7) is 0. The minimum Gasteiger partial charge on any atom is -0.321 e. The van der Waals surface area contributed by atoms with Crippen LogP contribution >= 0.6 is 0 Å². The van der Waals surface area contributed by atoms with Gasteiger partial charge in [-0.15, -0.1) is 0 Å². The van der Waals surface area contributed by atoms with E-state index >= 15 is 0 Å². The SMILES string of the molecule is N#CC(C#N)=C1C(=O)Nc2c1cccc2C(F)(F)F. The number of benzene rings is 1. The van der Waals surface area contributed by atoms with Crippen molar-refractivity contribution in [3.63, 3.8) is 0 Å². The molecule has 0 aliphatic carbocycles. The molecule has 0 spiro atoms. The Hall–Kier alpha value is -2.80. The smallest absolute Gasteiger partial charge is 0.321 e. The zero-order valence-electron chi connectivity index (χ0n) is 9.17. The predicted octanol–water partition coefficient (Wildman–Crippen LogP) is 2.46. The largest absolute Gasteiger partial charge is 0.418 e. The zero-order chi connectivity index (χ0) is 14.2. The van der Waals surface area contributed by atoms with Gasteiger partial charge in [0.1, 0.15) is 17.7 Å². The molecule has 0 aromatic heterocycles. The molecule has 1 aromatic carbocycles. The summed E-state index contributed by atoms with van der Waals surface area (Å²) < 4.78 is 38.3. The van der Waals surface area contributed by atoms with Gasteiger partial charge < -0.3 is 5.32 Å². The third kappa shape index (κ3) is 1.91. The molecular formula is C12H4F3N3O. The summed E-state index contributed by atoms with van der Waals surface area (Å²) >= 11 is 0. The first-order valence-corrected chi connectivity index (χ1v) is 4.96. The number of rotatable bonds is 0. The van der Waals surface area contributed by atoms with E-state index in [-0.39, 0.29) is 11.1 Å². The van der Waals surface area contributed by atoms with Gasteiger partial charge in [0.25, 0.3) is 5.91 Å². The fourth-order valence-corrected chi connectivity index (χ4v) is 1.81. The summed E-state index contributed by atoms with van der Waals surface area (Å²) in [6.07, 6.45) is -4.63. The highest BCUT2D eigenvalue weighted by atomic mass is 19.4. The number of nitrogens with zero attached hydrogens (tertiary/aromatic N) is 2. The number of nitrogens with one attached hydrogen (secondary N) is 1. The van der Waals surface area contributed by atoms with Crippen molar-refractivity contribution in [1.29, 1.82) is 10.5 Å². The standard InChI is InChI=1S/C12H4F3N3O/c13-12(14,15)8-3-1-2-7-9(6(4-16)5-17)11(19)18-10(7)8/h1-3H,(H,18,19). The van der Waals surface area contributed by atoms with E-state index in [1.807, 2.05) is 0 Å². The van der Waals surface area contributed by atoms with Gasteiger partial charge >= 0.3 is 6.18 Å². The van der Waals surface area contributed by atoms with Crippen LogP contribution in [0.25, 0.3) is 5.57 Å². The molecule has 94 valence electrons. The number of amides is 1. The Bertz CT molecular complexity index is 674. The Morgan fingerprint density at radius 1 is 1.21 bits per heavy atom. The van der Waals surface area contributed by atoms with Crippen LogP contribution in [0.1, 0.15) is 11.1 Å². The van der Waals surface area contributed by atoms with Crippen molar-refractivity contribution in [2.45, 2.75) is 6.18 Å². The van der Waals surface area contributed by atoms with Gasteiger partial charge in [-0.3, -0.25) is 4.79 Å². The quantitative estimate of drug-likeness (QED) is 0.577. The predicted molar refractivity (Wildman–Crippen MR) is 58.2 cm³/mol. The molecular weight excluding hydrogens is 259 g/mol. The van der Waals surface area contributed by atoms with E-state index in [1.165, 1.54) is 18.2 Å². The lowest BCUT2D eigenvalue weighted by Gasteiger charge is -2.10. The minimum atomic E-state index is -4.63. The van der Waals surface area contributed by atoms with Crippen LogP contribution in [0, 0.1) is 22.7 Å². The Balaban J connectivity index is 2.77. The number of carbonyl (C=O) groups excluding carboxylic acids is 1. The lowest BCUT2D eigenvalue weighted by molar-refractivity contribution is -0.136. The molecule has 0 fully saturated rings. The second-order valence-corrected chi connectivity index (χ2v) is 3.65. The van der Waals surface area contributed by atoms with Crippen LogP contribution in [0.5, 0.6) is 0 Å². The molecule has 2 rings (SSSR count). The van der Waals surface area contributed by atoms with Crippen molar-refractivity contribution in [3.05, 3.63) is 34.9 Å². The number of hydrogen-bond acceptors (Lipinski definition) is 3. The van der Waals surface area contributed by atoms with Crippen molar-refractivity contribution in [2.75, 3.05) is 5.32 Å². The van der Waals surface area contributed by atoms with Crippen molar-refractivity contribution >= 4 is 17.2 Å². The summed E-state index contributed by atoms with van der Waals surface area (Å²) in [6, 6.07) is 6.19. The average molecular weight is 263 g/mol. The molecule has 0 saturated carbocycles. The molecule has 1 N–H and O–H groups in total. The molecule has 1 aliphatic heterocycles. The third-order valence-electron chi connectivity index (χ3n) is 2.58. The zero-order valence-corrected chi connectivity index (χ0v) is 9.17. The second-order valence-electron chi connectivity index (χ2n) is 3.65. The number of fused-ring (bicyclic) bond motifs is 1. The molecule has 1 heterocycles. The Morgan fingerprint density at radius 3 is 2.37 bits per heavy atom. The summed E-state index contributed by atoms with van der Waals surface area (Å²) in [5.41, 5.74) is -2.36. The second kappa shape index (κ2) is 4.14. The van der Waals surface area contributed by atoms with Crippen molar-refractivity contribution < 1.29 is 18.0 Å². The van der Waals surface area contributed by atoms with Crippen molar-refractivity contribution in [2.24, 2.45) is 0 Å². The normalized spacial score (nSPS) is 13.3. The molecule has 19 heavy (non-hydrogen) atoms. The van der Waals surface area contributed by atoms with Gasteiger partial charge in [0.15, 0.2) is 0 Å². The first kappa shape index (κ1) is 12.7. The maximum atomic E-state index is 12.8. The molecule has 1 aromatic rings. The highest BCUT2D eigenvalue weighted by molar-refractivity contribution is 6.33. The molecule has 4 nitrogen and oxygen atoms in total. The van der Waals surface area contributed by atoms with Crippen LogP contribution in [-0.2, 0) is 11.0 Å². The fourth-order valence-electron chi connectivity index (χ4n) is 1.81. The highest BCUT2D eigenvalue weighted by Gasteiger charge is 2.39. The molecule has 0 radical (unpaired) electrons. The van der Waals surface area contributed by atoms with Crippen molar-refractivity contribution in [3.8, 4) is 12.1 Å². The van der Waals surface area contributed by atoms with Gasteiger partial charge in [-0.2, -0.15) is 23.7 Å². The number of carbonyl (C=O) groups is 1. The van der Waals surface area contributed by atoms with E-state index < -0.39 is 28.9 Å². The number of para-hydroxylation sites is 1. The van der Waals surface area contributed by atoms with Crippen molar-refractivity contribution in [1.82, 2.24) is 0 Å².